The molecule has 2 aromatic carbocycles. The molecule has 2 N–H and O–H groups in total. The quantitative estimate of drug-likeness (QED) is 0.868. The third-order valence-corrected chi connectivity index (χ3v) is 3.47. The van der Waals surface area contributed by atoms with Crippen LogP contribution in [0.4, 0.5) is 11.4 Å². The van der Waals surface area contributed by atoms with E-state index in [0.29, 0.717) is 13.0 Å². The van der Waals surface area contributed by atoms with Gasteiger partial charge in [0.15, 0.2) is 0 Å². The Morgan fingerprint density at radius 1 is 0.952 bits per heavy atom. The van der Waals surface area contributed by atoms with Gasteiger partial charge in [-0.2, -0.15) is 0 Å². The Morgan fingerprint density at radius 2 is 1.71 bits per heavy atom. The lowest BCUT2D eigenvalue weighted by atomic mass is 10.1. The van der Waals surface area contributed by atoms with Crippen LogP contribution in [0.2, 0.25) is 0 Å². The number of hydrogen-bond donors (Lipinski definition) is 2. The van der Waals surface area contributed by atoms with Crippen LogP contribution < -0.4 is 10.6 Å². The fraction of sp³-hybridized carbons (Fsp3) is 0.278. The van der Waals surface area contributed by atoms with Crippen LogP contribution in [-0.4, -0.2) is 12.5 Å². The number of amides is 1. The van der Waals surface area contributed by atoms with E-state index in [4.69, 9.17) is 0 Å². The molecule has 21 heavy (non-hydrogen) atoms. The van der Waals surface area contributed by atoms with E-state index in [0.717, 1.165) is 16.9 Å². The Labute approximate surface area is 126 Å². The molecule has 3 heteroatoms. The smallest absolute Gasteiger partial charge is 0.226 e. The van der Waals surface area contributed by atoms with Crippen LogP contribution >= 0.6 is 0 Å². The van der Waals surface area contributed by atoms with Gasteiger partial charge in [0, 0.05) is 24.3 Å². The second kappa shape index (κ2) is 6.93. The first kappa shape index (κ1) is 15.1. The summed E-state index contributed by atoms with van der Waals surface area (Å²) in [5.74, 6) is 0.0292. The van der Waals surface area contributed by atoms with Gasteiger partial charge in [0.05, 0.1) is 0 Å². The molecular formula is C18H22N2O. The second-order valence-corrected chi connectivity index (χ2v) is 5.36. The highest BCUT2D eigenvalue weighted by atomic mass is 16.1. The summed E-state index contributed by atoms with van der Waals surface area (Å²) in [5.41, 5.74) is 5.50. The molecule has 0 spiro atoms. The van der Waals surface area contributed by atoms with Crippen LogP contribution in [0.3, 0.4) is 0 Å². The van der Waals surface area contributed by atoms with Gasteiger partial charge < -0.3 is 10.6 Å². The molecule has 0 aliphatic rings. The zero-order valence-electron chi connectivity index (χ0n) is 12.9. The topological polar surface area (TPSA) is 41.1 Å². The van der Waals surface area contributed by atoms with Crippen molar-refractivity contribution in [3.8, 4) is 0 Å². The monoisotopic (exact) mass is 282 g/mol. The lowest BCUT2D eigenvalue weighted by Crippen LogP contribution is -2.17. The average Bonchev–Trinajstić information content (AvgIpc) is 2.44. The predicted octanol–water partition coefficient (Wildman–Crippen LogP) is 4.05. The molecule has 0 bridgehead atoms. The number of benzene rings is 2. The van der Waals surface area contributed by atoms with Gasteiger partial charge in [-0.15, -0.1) is 0 Å². The van der Waals surface area contributed by atoms with Gasteiger partial charge in [-0.05, 0) is 44.0 Å². The van der Waals surface area contributed by atoms with E-state index in [1.54, 1.807) is 0 Å². The summed E-state index contributed by atoms with van der Waals surface area (Å²) in [4.78, 5) is 11.9. The Bertz CT molecular complexity index is 635. The van der Waals surface area contributed by atoms with Gasteiger partial charge in [0.25, 0.3) is 0 Å². The molecular weight excluding hydrogens is 260 g/mol. The number of aryl methyl sites for hydroxylation is 3. The van der Waals surface area contributed by atoms with Crippen LogP contribution in [0.5, 0.6) is 0 Å². The zero-order valence-corrected chi connectivity index (χ0v) is 12.9. The van der Waals surface area contributed by atoms with Crippen molar-refractivity contribution in [2.75, 3.05) is 17.2 Å². The maximum atomic E-state index is 11.9. The van der Waals surface area contributed by atoms with Crippen molar-refractivity contribution in [2.24, 2.45) is 0 Å². The molecule has 0 saturated heterocycles. The fourth-order valence-corrected chi connectivity index (χ4v) is 2.25. The zero-order chi connectivity index (χ0) is 15.2. The number of hydrogen-bond acceptors (Lipinski definition) is 2. The molecule has 0 aromatic heterocycles. The molecule has 0 radical (unpaired) electrons. The maximum Gasteiger partial charge on any atom is 0.226 e. The van der Waals surface area contributed by atoms with Crippen molar-refractivity contribution in [1.29, 1.82) is 0 Å². The van der Waals surface area contributed by atoms with Gasteiger partial charge >= 0.3 is 0 Å². The average molecular weight is 282 g/mol. The van der Waals surface area contributed by atoms with E-state index in [2.05, 4.69) is 42.7 Å². The summed E-state index contributed by atoms with van der Waals surface area (Å²) in [6, 6.07) is 14.1. The van der Waals surface area contributed by atoms with Crippen LogP contribution in [0.15, 0.2) is 42.5 Å². The molecule has 110 valence electrons. The van der Waals surface area contributed by atoms with E-state index in [9.17, 15) is 4.79 Å². The van der Waals surface area contributed by atoms with Crippen LogP contribution in [-0.2, 0) is 4.79 Å². The number of rotatable bonds is 5. The summed E-state index contributed by atoms with van der Waals surface area (Å²) in [6.45, 7) is 6.76. The van der Waals surface area contributed by atoms with Crippen molar-refractivity contribution in [2.45, 2.75) is 27.2 Å². The number of carbonyl (C=O) groups excluding carboxylic acids is 1. The molecule has 0 atom stereocenters. The molecule has 0 unspecified atom stereocenters. The van der Waals surface area contributed by atoms with Crippen molar-refractivity contribution in [3.05, 3.63) is 59.2 Å². The van der Waals surface area contributed by atoms with Gasteiger partial charge in [0.2, 0.25) is 5.91 Å². The van der Waals surface area contributed by atoms with Gasteiger partial charge in [0.1, 0.15) is 0 Å². The molecule has 0 fully saturated rings. The van der Waals surface area contributed by atoms with Crippen molar-refractivity contribution in [3.63, 3.8) is 0 Å². The van der Waals surface area contributed by atoms with E-state index < -0.39 is 0 Å². The molecule has 0 saturated carbocycles. The summed E-state index contributed by atoms with van der Waals surface area (Å²) in [7, 11) is 0. The van der Waals surface area contributed by atoms with Crippen molar-refractivity contribution in [1.82, 2.24) is 0 Å². The number of para-hydroxylation sites is 1. The van der Waals surface area contributed by atoms with E-state index in [1.165, 1.54) is 11.1 Å². The van der Waals surface area contributed by atoms with Gasteiger partial charge in [-0.3, -0.25) is 4.79 Å². The molecule has 2 aromatic rings. The number of anilines is 2. The summed E-state index contributed by atoms with van der Waals surface area (Å²) < 4.78 is 0. The predicted molar refractivity (Wildman–Crippen MR) is 88.8 cm³/mol. The van der Waals surface area contributed by atoms with Crippen LogP contribution in [0.1, 0.15) is 23.1 Å². The summed E-state index contributed by atoms with van der Waals surface area (Å²) in [6.07, 6.45) is 0.446. The minimum Gasteiger partial charge on any atom is -0.384 e. The van der Waals surface area contributed by atoms with Crippen molar-refractivity contribution < 1.29 is 4.79 Å². The first-order valence-corrected chi connectivity index (χ1v) is 7.23. The highest BCUT2D eigenvalue weighted by Gasteiger charge is 2.04. The Kier molecular flexibility index (Phi) is 4.99. The maximum absolute atomic E-state index is 11.9. The first-order valence-electron chi connectivity index (χ1n) is 7.23. The molecule has 3 nitrogen and oxygen atoms in total. The fourth-order valence-electron chi connectivity index (χ4n) is 2.25. The van der Waals surface area contributed by atoms with Crippen molar-refractivity contribution >= 4 is 17.3 Å². The van der Waals surface area contributed by atoms with E-state index in [1.807, 2.05) is 31.2 Å². The normalized spacial score (nSPS) is 10.2. The van der Waals surface area contributed by atoms with Gasteiger partial charge in [-0.25, -0.2) is 0 Å². The molecule has 0 aliphatic carbocycles. The number of carbonyl (C=O) groups is 1. The highest BCUT2D eigenvalue weighted by Crippen LogP contribution is 2.16. The Morgan fingerprint density at radius 3 is 2.43 bits per heavy atom. The van der Waals surface area contributed by atoms with E-state index >= 15 is 0 Å². The van der Waals surface area contributed by atoms with Gasteiger partial charge in [-0.1, -0.05) is 35.9 Å². The molecule has 2 rings (SSSR count). The largest absolute Gasteiger partial charge is 0.384 e. The standard InChI is InChI=1S/C18H22N2O/c1-13-8-9-16(15(3)12-13)19-11-10-18(21)20-17-7-5-4-6-14(17)2/h4-9,12,19H,10-11H2,1-3H3,(H,20,21). The van der Waals surface area contributed by atoms with Crippen LogP contribution in [0, 0.1) is 20.8 Å². The molecule has 0 aliphatic heterocycles. The highest BCUT2D eigenvalue weighted by molar-refractivity contribution is 5.91. The third kappa shape index (κ3) is 4.35. The Balaban J connectivity index is 1.83. The minimum absolute atomic E-state index is 0.0292. The van der Waals surface area contributed by atoms with E-state index in [-0.39, 0.29) is 5.91 Å². The lowest BCUT2D eigenvalue weighted by molar-refractivity contribution is -0.115. The number of nitrogens with one attached hydrogen (secondary N) is 2. The summed E-state index contributed by atoms with van der Waals surface area (Å²) in [5, 5.41) is 6.25. The minimum atomic E-state index is 0.0292. The molecule has 0 heterocycles. The third-order valence-electron chi connectivity index (χ3n) is 3.47. The second-order valence-electron chi connectivity index (χ2n) is 5.36. The summed E-state index contributed by atoms with van der Waals surface area (Å²) >= 11 is 0. The van der Waals surface area contributed by atoms with Crippen LogP contribution in [0.25, 0.3) is 0 Å². The first-order chi connectivity index (χ1) is 10.1. The SMILES string of the molecule is Cc1ccc(NCCC(=O)Nc2ccccc2C)c(C)c1. The lowest BCUT2D eigenvalue weighted by Gasteiger charge is -2.11. The Hall–Kier alpha value is -2.29. The molecule has 1 amide bonds.